The maximum Gasteiger partial charge on any atom is 0.0589 e. The first-order valence-corrected chi connectivity index (χ1v) is 6.75. The number of hydrogen-bond donors (Lipinski definition) is 1. The third kappa shape index (κ3) is 5.34. The van der Waals surface area contributed by atoms with E-state index in [0.29, 0.717) is 6.04 Å². The van der Waals surface area contributed by atoms with Gasteiger partial charge in [0, 0.05) is 32.3 Å². The quantitative estimate of drug-likeness (QED) is 0.677. The van der Waals surface area contributed by atoms with Crippen molar-refractivity contribution in [2.75, 3.05) is 54.0 Å². The molecule has 4 nitrogen and oxygen atoms in total. The van der Waals surface area contributed by atoms with Gasteiger partial charge in [0.15, 0.2) is 0 Å². The molecule has 0 aromatic carbocycles. The number of likely N-dealkylation sites (N-methyl/N-ethyl adjacent to an activating group) is 2. The van der Waals surface area contributed by atoms with E-state index in [2.05, 4.69) is 36.1 Å². The maximum absolute atomic E-state index is 5.09. The van der Waals surface area contributed by atoms with Crippen LogP contribution in [0.15, 0.2) is 0 Å². The molecule has 0 aromatic heterocycles. The highest BCUT2D eigenvalue weighted by Crippen LogP contribution is 2.12. The molecule has 1 fully saturated rings. The van der Waals surface area contributed by atoms with Crippen molar-refractivity contribution in [1.82, 2.24) is 15.1 Å². The van der Waals surface area contributed by atoms with Crippen LogP contribution in [0, 0.1) is 0 Å². The summed E-state index contributed by atoms with van der Waals surface area (Å²) < 4.78 is 5.09. The van der Waals surface area contributed by atoms with Crippen molar-refractivity contribution in [3.8, 4) is 0 Å². The van der Waals surface area contributed by atoms with Gasteiger partial charge in [-0.05, 0) is 47.0 Å². The Morgan fingerprint density at radius 3 is 2.71 bits per heavy atom. The first-order valence-electron chi connectivity index (χ1n) is 6.75. The van der Waals surface area contributed by atoms with Gasteiger partial charge >= 0.3 is 0 Å². The molecular formula is C13H29N3O. The lowest BCUT2D eigenvalue weighted by Gasteiger charge is -2.31. The van der Waals surface area contributed by atoms with Crippen molar-refractivity contribution in [3.05, 3.63) is 0 Å². The highest BCUT2D eigenvalue weighted by atomic mass is 16.5. The molecule has 1 aliphatic rings. The van der Waals surface area contributed by atoms with Gasteiger partial charge < -0.3 is 15.0 Å². The number of methoxy groups -OCH3 is 1. The monoisotopic (exact) mass is 243 g/mol. The smallest absolute Gasteiger partial charge is 0.0589 e. The second-order valence-electron chi connectivity index (χ2n) is 5.25. The summed E-state index contributed by atoms with van der Waals surface area (Å²) in [5, 5.41) is 3.43. The van der Waals surface area contributed by atoms with Crippen LogP contribution in [0.5, 0.6) is 0 Å². The summed E-state index contributed by atoms with van der Waals surface area (Å²) in [7, 11) is 6.19. The van der Waals surface area contributed by atoms with Crippen LogP contribution in [0.25, 0.3) is 0 Å². The predicted octanol–water partition coefficient (Wildman–Crippen LogP) is 0.637. The fraction of sp³-hybridized carbons (Fsp3) is 1.00. The molecule has 1 rings (SSSR count). The van der Waals surface area contributed by atoms with Crippen LogP contribution in [-0.4, -0.2) is 75.9 Å². The fourth-order valence-electron chi connectivity index (χ4n) is 2.32. The van der Waals surface area contributed by atoms with E-state index >= 15 is 0 Å². The molecule has 17 heavy (non-hydrogen) atoms. The summed E-state index contributed by atoms with van der Waals surface area (Å²) in [5.41, 5.74) is 0. The van der Waals surface area contributed by atoms with E-state index in [9.17, 15) is 0 Å². The molecule has 1 aliphatic heterocycles. The normalized spacial score (nSPS) is 22.6. The van der Waals surface area contributed by atoms with Gasteiger partial charge in [0.05, 0.1) is 6.61 Å². The Morgan fingerprint density at radius 1 is 1.35 bits per heavy atom. The number of ether oxygens (including phenoxy) is 1. The van der Waals surface area contributed by atoms with Gasteiger partial charge in [-0.1, -0.05) is 0 Å². The number of nitrogens with one attached hydrogen (secondary N) is 1. The number of nitrogens with zero attached hydrogens (tertiary/aromatic N) is 2. The van der Waals surface area contributed by atoms with Crippen LogP contribution in [0.3, 0.4) is 0 Å². The molecule has 1 heterocycles. The molecule has 0 spiro atoms. The standard InChI is InChI=1S/C13H29N3O/c1-12(6-8-15(2)9-10-17-4)16(3)13-5-7-14-11-13/h12-14H,5-11H2,1-4H3/t12?,13-/m1/s1. The average molecular weight is 243 g/mol. The van der Waals surface area contributed by atoms with Gasteiger partial charge in [-0.25, -0.2) is 0 Å². The van der Waals surface area contributed by atoms with E-state index in [1.54, 1.807) is 7.11 Å². The van der Waals surface area contributed by atoms with Crippen molar-refractivity contribution >= 4 is 0 Å². The molecule has 4 heteroatoms. The Morgan fingerprint density at radius 2 is 2.12 bits per heavy atom. The average Bonchev–Trinajstić information content (AvgIpc) is 2.86. The maximum atomic E-state index is 5.09. The minimum Gasteiger partial charge on any atom is -0.383 e. The highest BCUT2D eigenvalue weighted by molar-refractivity contribution is 4.81. The van der Waals surface area contributed by atoms with Crippen LogP contribution in [-0.2, 0) is 4.74 Å². The third-order valence-electron chi connectivity index (χ3n) is 3.91. The van der Waals surface area contributed by atoms with Crippen LogP contribution in [0.4, 0.5) is 0 Å². The second-order valence-corrected chi connectivity index (χ2v) is 5.25. The van der Waals surface area contributed by atoms with Gasteiger partial charge in [0.1, 0.15) is 0 Å². The molecule has 1 N–H and O–H groups in total. The Hall–Kier alpha value is -0.160. The Bertz CT molecular complexity index is 195. The topological polar surface area (TPSA) is 27.7 Å². The molecule has 0 radical (unpaired) electrons. The molecule has 0 saturated carbocycles. The summed E-state index contributed by atoms with van der Waals surface area (Å²) in [6, 6.07) is 1.39. The van der Waals surface area contributed by atoms with Gasteiger partial charge in [-0.2, -0.15) is 0 Å². The minimum absolute atomic E-state index is 0.657. The lowest BCUT2D eigenvalue weighted by molar-refractivity contribution is 0.143. The van der Waals surface area contributed by atoms with Gasteiger partial charge in [0.2, 0.25) is 0 Å². The van der Waals surface area contributed by atoms with Crippen molar-refractivity contribution in [1.29, 1.82) is 0 Å². The zero-order valence-electron chi connectivity index (χ0n) is 11.9. The summed E-state index contributed by atoms with van der Waals surface area (Å²) in [6.07, 6.45) is 2.52. The molecule has 1 saturated heterocycles. The van der Waals surface area contributed by atoms with Crippen LogP contribution >= 0.6 is 0 Å². The van der Waals surface area contributed by atoms with Gasteiger partial charge in [-0.15, -0.1) is 0 Å². The molecular weight excluding hydrogens is 214 g/mol. The van der Waals surface area contributed by atoms with E-state index < -0.39 is 0 Å². The van der Waals surface area contributed by atoms with Crippen molar-refractivity contribution in [3.63, 3.8) is 0 Å². The fourth-order valence-corrected chi connectivity index (χ4v) is 2.32. The summed E-state index contributed by atoms with van der Waals surface area (Å²) in [4.78, 5) is 4.88. The SMILES string of the molecule is COCCN(C)CCC(C)N(C)[C@@H]1CCNC1. The van der Waals surface area contributed by atoms with Crippen LogP contribution in [0.1, 0.15) is 19.8 Å². The second kappa shape index (κ2) is 8.03. The van der Waals surface area contributed by atoms with E-state index in [0.717, 1.165) is 32.3 Å². The van der Waals surface area contributed by atoms with E-state index in [1.165, 1.54) is 19.4 Å². The first kappa shape index (κ1) is 14.9. The van der Waals surface area contributed by atoms with Gasteiger partial charge in [-0.3, -0.25) is 4.90 Å². The summed E-state index contributed by atoms with van der Waals surface area (Å²) in [6.45, 7) is 7.67. The zero-order valence-corrected chi connectivity index (χ0v) is 11.9. The highest BCUT2D eigenvalue weighted by Gasteiger charge is 2.22. The molecule has 0 bridgehead atoms. The Kier molecular flexibility index (Phi) is 7.04. The van der Waals surface area contributed by atoms with Crippen molar-refractivity contribution in [2.24, 2.45) is 0 Å². The zero-order chi connectivity index (χ0) is 12.7. The Balaban J connectivity index is 2.16. The molecule has 0 aromatic rings. The van der Waals surface area contributed by atoms with Gasteiger partial charge in [0.25, 0.3) is 0 Å². The third-order valence-corrected chi connectivity index (χ3v) is 3.91. The van der Waals surface area contributed by atoms with Crippen molar-refractivity contribution < 1.29 is 4.74 Å². The molecule has 102 valence electrons. The number of rotatable bonds is 8. The lowest BCUT2D eigenvalue weighted by Crippen LogP contribution is -2.41. The summed E-state index contributed by atoms with van der Waals surface area (Å²) >= 11 is 0. The van der Waals surface area contributed by atoms with Crippen molar-refractivity contribution in [2.45, 2.75) is 31.8 Å². The predicted molar refractivity (Wildman–Crippen MR) is 72.5 cm³/mol. The minimum atomic E-state index is 0.657. The molecule has 0 amide bonds. The molecule has 2 atom stereocenters. The Labute approximate surface area is 106 Å². The van der Waals surface area contributed by atoms with E-state index in [1.807, 2.05) is 0 Å². The molecule has 1 unspecified atom stereocenters. The lowest BCUT2D eigenvalue weighted by atomic mass is 10.1. The first-order chi connectivity index (χ1) is 8.15. The van der Waals surface area contributed by atoms with Crippen LogP contribution < -0.4 is 5.32 Å². The summed E-state index contributed by atoms with van der Waals surface area (Å²) in [5.74, 6) is 0. The number of hydrogen-bond acceptors (Lipinski definition) is 4. The van der Waals surface area contributed by atoms with E-state index in [-0.39, 0.29) is 0 Å². The molecule has 0 aliphatic carbocycles. The van der Waals surface area contributed by atoms with E-state index in [4.69, 9.17) is 4.74 Å². The largest absolute Gasteiger partial charge is 0.383 e. The van der Waals surface area contributed by atoms with Crippen LogP contribution in [0.2, 0.25) is 0 Å².